The molecular weight excluding hydrogens is 685 g/mol. The van der Waals surface area contributed by atoms with Crippen molar-refractivity contribution in [3.63, 3.8) is 0 Å². The first-order chi connectivity index (χ1) is 27.3. The van der Waals surface area contributed by atoms with E-state index in [0.29, 0.717) is 23.0 Å². The molecule has 6 heteroatoms. The van der Waals surface area contributed by atoms with Crippen molar-refractivity contribution in [2.75, 3.05) is 0 Å². The summed E-state index contributed by atoms with van der Waals surface area (Å²) < 4.78 is 4.50. The Kier molecular flexibility index (Phi) is 7.65. The molecule has 0 unspecified atom stereocenters. The summed E-state index contributed by atoms with van der Waals surface area (Å²) in [4.78, 5) is 14.2. The molecule has 0 saturated carbocycles. The van der Waals surface area contributed by atoms with Gasteiger partial charge in [-0.25, -0.2) is 15.0 Å². The van der Waals surface area contributed by atoms with Crippen LogP contribution in [-0.4, -0.2) is 24.1 Å². The number of rotatable bonds is 5. The number of hydrogen-bond donors (Lipinski definition) is 0. The molecule has 0 radical (unpaired) electrons. The third kappa shape index (κ3) is 5.36. The van der Waals surface area contributed by atoms with Gasteiger partial charge in [0.1, 0.15) is 23.3 Å². The molecule has 0 spiro atoms. The van der Waals surface area contributed by atoms with Gasteiger partial charge < -0.3 is 9.13 Å². The predicted octanol–water partition coefficient (Wildman–Crippen LogP) is 12.2. The number of nitrogens with zero attached hydrogens (tertiary/aromatic N) is 6. The summed E-state index contributed by atoms with van der Waals surface area (Å²) in [7, 11) is 0. The molecule has 0 amide bonds. The summed E-state index contributed by atoms with van der Waals surface area (Å²) in [6.07, 6.45) is 0. The Morgan fingerprint density at radius 3 is 1.27 bits per heavy atom. The van der Waals surface area contributed by atoms with E-state index >= 15 is 0 Å². The highest BCUT2D eigenvalue weighted by molar-refractivity contribution is 6.12. The molecule has 0 saturated heterocycles. The van der Waals surface area contributed by atoms with E-state index in [9.17, 15) is 5.26 Å². The smallest absolute Gasteiger partial charge is 0.163 e. The lowest BCUT2D eigenvalue weighted by Crippen LogP contribution is -2.07. The zero-order valence-corrected chi connectivity index (χ0v) is 31.5. The molecule has 6 nitrogen and oxygen atoms in total. The summed E-state index contributed by atoms with van der Waals surface area (Å²) in [5.41, 5.74) is 13.8. The van der Waals surface area contributed by atoms with Crippen molar-refractivity contribution in [3.8, 4) is 51.1 Å². The van der Waals surface area contributed by atoms with Crippen LogP contribution in [-0.2, 0) is 0 Å². The van der Waals surface area contributed by atoms with E-state index in [0.717, 1.165) is 82.8 Å². The molecule has 0 atom stereocenters. The number of para-hydroxylation sites is 2. The van der Waals surface area contributed by atoms with Crippen LogP contribution in [0, 0.1) is 39.0 Å². The van der Waals surface area contributed by atoms with Crippen molar-refractivity contribution in [1.82, 2.24) is 24.1 Å². The number of fused-ring (bicyclic) bond motifs is 6. The lowest BCUT2D eigenvalue weighted by atomic mass is 10.0. The van der Waals surface area contributed by atoms with Crippen molar-refractivity contribution in [3.05, 3.63) is 174 Å². The van der Waals surface area contributed by atoms with Gasteiger partial charge in [0.15, 0.2) is 5.82 Å². The Morgan fingerprint density at radius 1 is 0.411 bits per heavy atom. The molecule has 3 aromatic heterocycles. The molecule has 0 aliphatic heterocycles. The fourth-order valence-corrected chi connectivity index (χ4v) is 8.26. The summed E-state index contributed by atoms with van der Waals surface area (Å²) in [6.45, 7) is 8.00. The minimum Gasteiger partial charge on any atom is -0.308 e. The first kappa shape index (κ1) is 33.2. The van der Waals surface area contributed by atoms with Gasteiger partial charge in [-0.2, -0.15) is 5.26 Å². The largest absolute Gasteiger partial charge is 0.308 e. The maximum absolute atomic E-state index is 11.4. The quantitative estimate of drug-likeness (QED) is 0.177. The zero-order chi connectivity index (χ0) is 38.1. The fourth-order valence-electron chi connectivity index (χ4n) is 8.26. The Labute approximate surface area is 324 Å². The normalized spacial score (nSPS) is 11.6. The van der Waals surface area contributed by atoms with Gasteiger partial charge in [-0.05, 0) is 86.3 Å². The van der Waals surface area contributed by atoms with Crippen LogP contribution in [0.4, 0.5) is 0 Å². The van der Waals surface area contributed by atoms with E-state index < -0.39 is 0 Å². The molecule has 3 heterocycles. The molecule has 0 bridgehead atoms. The Bertz CT molecular complexity index is 3030. The average molecular weight is 721 g/mol. The molecule has 56 heavy (non-hydrogen) atoms. The predicted molar refractivity (Wildman–Crippen MR) is 228 cm³/mol. The minimum atomic E-state index is 0.544. The van der Waals surface area contributed by atoms with Gasteiger partial charge in [-0.1, -0.05) is 120 Å². The van der Waals surface area contributed by atoms with E-state index in [1.165, 1.54) is 11.1 Å². The van der Waals surface area contributed by atoms with Crippen LogP contribution in [0.3, 0.4) is 0 Å². The van der Waals surface area contributed by atoms with Crippen LogP contribution in [0.1, 0.15) is 28.3 Å². The zero-order valence-electron chi connectivity index (χ0n) is 31.5. The first-order valence-electron chi connectivity index (χ1n) is 18.8. The number of aryl methyl sites for hydroxylation is 4. The fraction of sp³-hybridized carbons (Fsp3) is 0.0800. The number of aromatic nitrogens is 5. The maximum atomic E-state index is 11.4. The lowest BCUT2D eigenvalue weighted by Gasteiger charge is -2.18. The lowest BCUT2D eigenvalue weighted by molar-refractivity contribution is 0.927. The third-order valence-electron chi connectivity index (χ3n) is 10.9. The van der Waals surface area contributed by atoms with Crippen LogP contribution >= 0.6 is 0 Å². The molecule has 10 rings (SSSR count). The van der Waals surface area contributed by atoms with Gasteiger partial charge in [0.25, 0.3) is 0 Å². The van der Waals surface area contributed by atoms with Crippen LogP contribution in [0.25, 0.3) is 88.6 Å². The molecule has 0 aliphatic rings. The molecular formula is C50H36N6. The molecule has 7 aromatic carbocycles. The second-order valence-corrected chi connectivity index (χ2v) is 14.7. The van der Waals surface area contributed by atoms with Crippen molar-refractivity contribution < 1.29 is 0 Å². The van der Waals surface area contributed by atoms with E-state index in [4.69, 9.17) is 9.97 Å². The maximum Gasteiger partial charge on any atom is 0.163 e. The molecule has 0 aliphatic carbocycles. The molecule has 10 aromatic rings. The van der Waals surface area contributed by atoms with E-state index in [-0.39, 0.29) is 0 Å². The van der Waals surface area contributed by atoms with Gasteiger partial charge in [0, 0.05) is 27.1 Å². The highest BCUT2D eigenvalue weighted by Crippen LogP contribution is 2.41. The SMILES string of the molecule is Cc1ccc(-c2ccc3c4ccccc4n(-c4cc(-c5nc(C)nc(C)n5)cc(-n5c6ccccc6c6ccc(-c7ccc(C)cc7)cc65)c4C#N)c3c2)cc1. The highest BCUT2D eigenvalue weighted by Gasteiger charge is 2.24. The van der Waals surface area contributed by atoms with Gasteiger partial charge in [0.05, 0.1) is 33.4 Å². The van der Waals surface area contributed by atoms with Crippen LogP contribution in [0.2, 0.25) is 0 Å². The summed E-state index contributed by atoms with van der Waals surface area (Å²) in [5.74, 6) is 1.84. The van der Waals surface area contributed by atoms with Gasteiger partial charge in [-0.15, -0.1) is 0 Å². The summed E-state index contributed by atoms with van der Waals surface area (Å²) in [6, 6.07) is 54.3. The van der Waals surface area contributed by atoms with Crippen molar-refractivity contribution in [2.45, 2.75) is 27.7 Å². The Morgan fingerprint density at radius 2 is 0.821 bits per heavy atom. The molecule has 0 N–H and O–H groups in total. The first-order valence-corrected chi connectivity index (χ1v) is 18.8. The van der Waals surface area contributed by atoms with Crippen LogP contribution < -0.4 is 0 Å². The Hall–Kier alpha value is -7.36. The van der Waals surface area contributed by atoms with E-state index in [1.807, 2.05) is 13.8 Å². The third-order valence-corrected chi connectivity index (χ3v) is 10.9. The highest BCUT2D eigenvalue weighted by atomic mass is 15.0. The van der Waals surface area contributed by atoms with Gasteiger partial charge in [-0.3, -0.25) is 0 Å². The van der Waals surface area contributed by atoms with Crippen molar-refractivity contribution in [1.29, 1.82) is 5.26 Å². The number of hydrogen-bond acceptors (Lipinski definition) is 4. The topological polar surface area (TPSA) is 72.3 Å². The average Bonchev–Trinajstić information content (AvgIpc) is 3.72. The van der Waals surface area contributed by atoms with Gasteiger partial charge in [0.2, 0.25) is 0 Å². The monoisotopic (exact) mass is 720 g/mol. The molecule has 266 valence electrons. The summed E-state index contributed by atoms with van der Waals surface area (Å²) in [5, 5.41) is 15.9. The minimum absolute atomic E-state index is 0.544. The molecule has 0 fully saturated rings. The Balaban J connectivity index is 1.34. The van der Waals surface area contributed by atoms with E-state index in [1.54, 1.807) is 0 Å². The summed E-state index contributed by atoms with van der Waals surface area (Å²) >= 11 is 0. The second-order valence-electron chi connectivity index (χ2n) is 14.7. The standard InChI is InChI=1S/C50H36N6/c1-30-13-17-34(18-14-30)36-21-23-41-39-9-5-7-11-44(39)55(46(41)25-36)48-27-38(50-53-32(3)52-33(4)54-50)28-49(43(48)29-51)56-45-12-8-6-10-40(45)42-24-22-37(26-47(42)56)35-19-15-31(2)16-20-35/h5-28H,1-4H3. The van der Waals surface area contributed by atoms with Gasteiger partial charge >= 0.3 is 0 Å². The number of nitriles is 1. The second kappa shape index (κ2) is 12.9. The van der Waals surface area contributed by atoms with Crippen molar-refractivity contribution in [2.24, 2.45) is 0 Å². The van der Waals surface area contributed by atoms with Crippen molar-refractivity contribution >= 4 is 43.6 Å². The van der Waals surface area contributed by atoms with Crippen LogP contribution in [0.15, 0.2) is 146 Å². The van der Waals surface area contributed by atoms with Crippen LogP contribution in [0.5, 0.6) is 0 Å². The van der Waals surface area contributed by atoms with E-state index in [2.05, 4.69) is 180 Å². The number of benzene rings is 7.